The topological polar surface area (TPSA) is 37.3 Å². The molecule has 4 nitrogen and oxygen atoms in total. The molecular formula is C14H17N3OS. The Kier molecular flexibility index (Phi) is 3.40. The van der Waals surface area contributed by atoms with Crippen LogP contribution in [0.1, 0.15) is 16.1 Å². The van der Waals surface area contributed by atoms with Crippen molar-refractivity contribution in [3.05, 3.63) is 46.4 Å². The van der Waals surface area contributed by atoms with Crippen molar-refractivity contribution in [2.24, 2.45) is 0 Å². The Balaban J connectivity index is 1.60. The molecule has 0 spiro atoms. The zero-order chi connectivity index (χ0) is 13.2. The Morgan fingerprint density at radius 3 is 3.21 bits per heavy atom. The van der Waals surface area contributed by atoms with Crippen LogP contribution in [0.3, 0.4) is 0 Å². The predicted octanol–water partition coefficient (Wildman–Crippen LogP) is 1.79. The van der Waals surface area contributed by atoms with Gasteiger partial charge in [0.1, 0.15) is 0 Å². The fourth-order valence-corrected chi connectivity index (χ4v) is 3.08. The second-order valence-corrected chi connectivity index (χ2v) is 5.72. The second kappa shape index (κ2) is 5.19. The molecule has 19 heavy (non-hydrogen) atoms. The Morgan fingerprint density at radius 2 is 2.42 bits per heavy atom. The quantitative estimate of drug-likeness (QED) is 0.927. The fourth-order valence-electron chi connectivity index (χ4n) is 2.45. The molecule has 1 atom stereocenters. The molecule has 0 bridgehead atoms. The number of likely N-dealkylation sites (N-methyl/N-ethyl adjacent to an activating group) is 1. The lowest BCUT2D eigenvalue weighted by Crippen LogP contribution is -2.47. The molecular weight excluding hydrogens is 258 g/mol. The van der Waals surface area contributed by atoms with Crippen LogP contribution >= 0.6 is 11.3 Å². The number of thiophene rings is 1. The Labute approximate surface area is 116 Å². The number of hydrogen-bond acceptors (Lipinski definition) is 3. The van der Waals surface area contributed by atoms with Crippen LogP contribution in [-0.4, -0.2) is 35.0 Å². The van der Waals surface area contributed by atoms with E-state index in [1.165, 1.54) is 5.69 Å². The number of carbonyl (C=O) groups is 1. The highest BCUT2D eigenvalue weighted by atomic mass is 32.1. The van der Waals surface area contributed by atoms with E-state index in [0.29, 0.717) is 12.6 Å². The number of hydrogen-bond donors (Lipinski definition) is 1. The van der Waals surface area contributed by atoms with Gasteiger partial charge in [-0.1, -0.05) is 0 Å². The molecule has 0 aliphatic carbocycles. The molecule has 2 aromatic rings. The molecule has 1 aliphatic rings. The maximum Gasteiger partial charge on any atom is 0.252 e. The van der Waals surface area contributed by atoms with Gasteiger partial charge in [-0.15, -0.1) is 0 Å². The predicted molar refractivity (Wildman–Crippen MR) is 76.3 cm³/mol. The van der Waals surface area contributed by atoms with E-state index < -0.39 is 0 Å². The molecule has 3 heterocycles. The largest absolute Gasteiger partial charge is 0.350 e. The van der Waals surface area contributed by atoms with Crippen LogP contribution in [0, 0.1) is 0 Å². The van der Waals surface area contributed by atoms with Crippen molar-refractivity contribution in [1.82, 2.24) is 14.8 Å². The third-order valence-electron chi connectivity index (χ3n) is 3.65. The lowest BCUT2D eigenvalue weighted by Gasteiger charge is -2.34. The van der Waals surface area contributed by atoms with Crippen LogP contribution in [0.5, 0.6) is 0 Å². The minimum Gasteiger partial charge on any atom is -0.350 e. The number of nitrogens with zero attached hydrogens (tertiary/aromatic N) is 2. The third-order valence-corrected chi connectivity index (χ3v) is 4.33. The van der Waals surface area contributed by atoms with Crippen molar-refractivity contribution in [1.29, 1.82) is 0 Å². The minimum absolute atomic E-state index is 0.0213. The monoisotopic (exact) mass is 275 g/mol. The van der Waals surface area contributed by atoms with Crippen molar-refractivity contribution in [3.63, 3.8) is 0 Å². The average Bonchev–Trinajstić information content (AvgIpc) is 3.06. The van der Waals surface area contributed by atoms with Gasteiger partial charge >= 0.3 is 0 Å². The molecule has 1 N–H and O–H groups in total. The van der Waals surface area contributed by atoms with Crippen LogP contribution < -0.4 is 5.32 Å². The van der Waals surface area contributed by atoms with Crippen LogP contribution in [0.25, 0.3) is 0 Å². The summed E-state index contributed by atoms with van der Waals surface area (Å²) in [4.78, 5) is 14.2. The maximum atomic E-state index is 11.9. The second-order valence-electron chi connectivity index (χ2n) is 4.94. The lowest BCUT2D eigenvalue weighted by molar-refractivity contribution is 0.0926. The molecule has 5 heteroatoms. The first-order valence-corrected chi connectivity index (χ1v) is 7.33. The van der Waals surface area contributed by atoms with Crippen LogP contribution in [0.4, 0.5) is 0 Å². The summed E-state index contributed by atoms with van der Waals surface area (Å²) < 4.78 is 2.27. The molecule has 0 fully saturated rings. The van der Waals surface area contributed by atoms with Crippen molar-refractivity contribution < 1.29 is 4.79 Å². The number of fused-ring (bicyclic) bond motifs is 1. The first-order valence-electron chi connectivity index (χ1n) is 6.38. The third kappa shape index (κ3) is 2.57. The van der Waals surface area contributed by atoms with Gasteiger partial charge in [0.25, 0.3) is 5.91 Å². The van der Waals surface area contributed by atoms with E-state index in [1.807, 2.05) is 16.8 Å². The summed E-state index contributed by atoms with van der Waals surface area (Å²) in [5, 5.41) is 6.82. The molecule has 1 unspecified atom stereocenters. The highest BCUT2D eigenvalue weighted by Gasteiger charge is 2.23. The molecule has 2 aromatic heterocycles. The van der Waals surface area contributed by atoms with Gasteiger partial charge in [-0.3, -0.25) is 9.69 Å². The standard InChI is InChI=1S/C14H17N3OS/c1-16-8-12-3-2-5-17(12)9-13(16)7-15-14(18)11-4-6-19-10-11/h2-6,10,13H,7-9H2,1H3,(H,15,18). The van der Waals surface area contributed by atoms with E-state index in [4.69, 9.17) is 0 Å². The Hall–Kier alpha value is -1.59. The summed E-state index contributed by atoms with van der Waals surface area (Å²) in [5.41, 5.74) is 2.09. The smallest absolute Gasteiger partial charge is 0.252 e. The van der Waals surface area contributed by atoms with Gasteiger partial charge in [0, 0.05) is 48.5 Å². The molecule has 0 saturated heterocycles. The Bertz CT molecular complexity index is 561. The van der Waals surface area contributed by atoms with Gasteiger partial charge in [-0.05, 0) is 30.6 Å². The van der Waals surface area contributed by atoms with Gasteiger partial charge in [0.05, 0.1) is 0 Å². The number of nitrogens with one attached hydrogen (secondary N) is 1. The van der Waals surface area contributed by atoms with Crippen molar-refractivity contribution in [2.75, 3.05) is 13.6 Å². The van der Waals surface area contributed by atoms with E-state index in [9.17, 15) is 4.79 Å². The zero-order valence-corrected chi connectivity index (χ0v) is 11.7. The van der Waals surface area contributed by atoms with E-state index in [-0.39, 0.29) is 5.91 Å². The first-order chi connectivity index (χ1) is 9.24. The SMILES string of the molecule is CN1Cc2cccn2CC1CNC(=O)c1ccsc1. The van der Waals surface area contributed by atoms with Gasteiger partial charge in [0.15, 0.2) is 0 Å². The van der Waals surface area contributed by atoms with Gasteiger partial charge in [0.2, 0.25) is 0 Å². The van der Waals surface area contributed by atoms with E-state index in [0.717, 1.165) is 18.7 Å². The normalized spacial score (nSPS) is 19.1. The summed E-state index contributed by atoms with van der Waals surface area (Å²) in [6.45, 7) is 2.55. The molecule has 0 saturated carbocycles. The maximum absolute atomic E-state index is 11.9. The lowest BCUT2D eigenvalue weighted by atomic mass is 10.2. The summed E-state index contributed by atoms with van der Waals surface area (Å²) in [7, 11) is 2.11. The molecule has 3 rings (SSSR count). The van der Waals surface area contributed by atoms with Crippen molar-refractivity contribution in [3.8, 4) is 0 Å². The van der Waals surface area contributed by atoms with Crippen LogP contribution in [0.15, 0.2) is 35.2 Å². The van der Waals surface area contributed by atoms with Gasteiger partial charge in [-0.2, -0.15) is 11.3 Å². The zero-order valence-electron chi connectivity index (χ0n) is 10.9. The van der Waals surface area contributed by atoms with E-state index in [1.54, 1.807) is 11.3 Å². The average molecular weight is 275 g/mol. The number of aromatic nitrogens is 1. The first kappa shape index (κ1) is 12.4. The fraction of sp³-hybridized carbons (Fsp3) is 0.357. The van der Waals surface area contributed by atoms with Crippen molar-refractivity contribution in [2.45, 2.75) is 19.1 Å². The van der Waals surface area contributed by atoms with Gasteiger partial charge in [-0.25, -0.2) is 0 Å². The minimum atomic E-state index is 0.0213. The van der Waals surface area contributed by atoms with Crippen molar-refractivity contribution >= 4 is 17.2 Å². The highest BCUT2D eigenvalue weighted by Crippen LogP contribution is 2.16. The Morgan fingerprint density at radius 1 is 1.53 bits per heavy atom. The van der Waals surface area contributed by atoms with E-state index in [2.05, 4.69) is 40.2 Å². The molecule has 1 amide bonds. The van der Waals surface area contributed by atoms with Gasteiger partial charge < -0.3 is 9.88 Å². The molecule has 0 radical (unpaired) electrons. The summed E-state index contributed by atoms with van der Waals surface area (Å²) >= 11 is 1.55. The molecule has 0 aromatic carbocycles. The number of amides is 1. The van der Waals surface area contributed by atoms with Crippen LogP contribution in [0.2, 0.25) is 0 Å². The molecule has 100 valence electrons. The van der Waals surface area contributed by atoms with Crippen LogP contribution in [-0.2, 0) is 13.1 Å². The highest BCUT2D eigenvalue weighted by molar-refractivity contribution is 7.08. The molecule has 1 aliphatic heterocycles. The summed E-state index contributed by atoms with van der Waals surface area (Å²) in [6.07, 6.45) is 2.11. The van der Waals surface area contributed by atoms with E-state index >= 15 is 0 Å². The summed E-state index contributed by atoms with van der Waals surface area (Å²) in [5.74, 6) is 0.0213. The summed E-state index contributed by atoms with van der Waals surface area (Å²) in [6, 6.07) is 6.43. The number of carbonyl (C=O) groups excluding carboxylic acids is 1. The number of rotatable bonds is 3.